The summed E-state index contributed by atoms with van der Waals surface area (Å²) in [7, 11) is 0. The van der Waals surface area contributed by atoms with E-state index in [4.69, 9.17) is 0 Å². The van der Waals surface area contributed by atoms with Gasteiger partial charge in [0.25, 0.3) is 0 Å². The van der Waals surface area contributed by atoms with Crippen LogP contribution < -0.4 is 5.32 Å². The SMILES string of the molecule is CCN1CCC(Cn2cncc2C2CNC2)C1. The zero-order chi connectivity index (χ0) is 11.7. The summed E-state index contributed by atoms with van der Waals surface area (Å²) in [5.74, 6) is 1.51. The van der Waals surface area contributed by atoms with E-state index < -0.39 is 0 Å². The molecule has 3 rings (SSSR count). The summed E-state index contributed by atoms with van der Waals surface area (Å²) >= 11 is 0. The molecule has 2 saturated heterocycles. The van der Waals surface area contributed by atoms with Crippen LogP contribution in [0.4, 0.5) is 0 Å². The Balaban J connectivity index is 1.63. The van der Waals surface area contributed by atoms with Gasteiger partial charge in [-0.05, 0) is 25.4 Å². The normalized spacial score (nSPS) is 26.3. The molecule has 2 aliphatic heterocycles. The van der Waals surface area contributed by atoms with Crippen molar-refractivity contribution in [2.45, 2.75) is 25.8 Å². The molecule has 0 radical (unpaired) electrons. The monoisotopic (exact) mass is 234 g/mol. The lowest BCUT2D eigenvalue weighted by Crippen LogP contribution is -2.41. The van der Waals surface area contributed by atoms with Crippen LogP contribution in [-0.2, 0) is 6.54 Å². The molecule has 3 heterocycles. The van der Waals surface area contributed by atoms with Crippen LogP contribution in [0.1, 0.15) is 25.0 Å². The first-order valence-corrected chi connectivity index (χ1v) is 6.80. The van der Waals surface area contributed by atoms with Crippen LogP contribution >= 0.6 is 0 Å². The first kappa shape index (κ1) is 11.2. The average molecular weight is 234 g/mol. The summed E-state index contributed by atoms with van der Waals surface area (Å²) in [4.78, 5) is 6.88. The van der Waals surface area contributed by atoms with Crippen molar-refractivity contribution in [2.75, 3.05) is 32.7 Å². The summed E-state index contributed by atoms with van der Waals surface area (Å²) in [6.07, 6.45) is 5.41. The summed E-state index contributed by atoms with van der Waals surface area (Å²) < 4.78 is 2.38. The molecule has 2 aliphatic rings. The summed E-state index contributed by atoms with van der Waals surface area (Å²) in [6, 6.07) is 0. The van der Waals surface area contributed by atoms with Gasteiger partial charge >= 0.3 is 0 Å². The fourth-order valence-corrected chi connectivity index (χ4v) is 2.95. The number of likely N-dealkylation sites (tertiary alicyclic amines) is 1. The van der Waals surface area contributed by atoms with E-state index in [2.05, 4.69) is 32.9 Å². The fraction of sp³-hybridized carbons (Fsp3) is 0.769. The summed E-state index contributed by atoms with van der Waals surface area (Å²) in [6.45, 7) is 9.38. The maximum absolute atomic E-state index is 4.33. The van der Waals surface area contributed by atoms with Gasteiger partial charge < -0.3 is 14.8 Å². The zero-order valence-corrected chi connectivity index (χ0v) is 10.6. The third-order valence-electron chi connectivity index (χ3n) is 4.22. The molecular weight excluding hydrogens is 212 g/mol. The molecule has 1 aromatic heterocycles. The van der Waals surface area contributed by atoms with Gasteiger partial charge in [-0.25, -0.2) is 4.98 Å². The minimum atomic E-state index is 0.696. The Morgan fingerprint density at radius 3 is 3.00 bits per heavy atom. The minimum Gasteiger partial charge on any atom is -0.334 e. The van der Waals surface area contributed by atoms with E-state index in [0.29, 0.717) is 5.92 Å². The molecule has 0 aromatic carbocycles. The molecule has 1 aromatic rings. The van der Waals surface area contributed by atoms with Gasteiger partial charge in [0.15, 0.2) is 0 Å². The van der Waals surface area contributed by atoms with Crippen LogP contribution in [0, 0.1) is 5.92 Å². The Morgan fingerprint density at radius 1 is 1.47 bits per heavy atom. The fourth-order valence-electron chi connectivity index (χ4n) is 2.95. The average Bonchev–Trinajstić information content (AvgIpc) is 2.87. The number of rotatable bonds is 4. The van der Waals surface area contributed by atoms with Crippen molar-refractivity contribution < 1.29 is 0 Å². The van der Waals surface area contributed by atoms with Gasteiger partial charge in [0.1, 0.15) is 0 Å². The van der Waals surface area contributed by atoms with Gasteiger partial charge in [0.2, 0.25) is 0 Å². The molecule has 0 spiro atoms. The highest BCUT2D eigenvalue weighted by atomic mass is 15.2. The first-order chi connectivity index (χ1) is 8.36. The van der Waals surface area contributed by atoms with Crippen LogP contribution in [0.25, 0.3) is 0 Å². The third-order valence-corrected chi connectivity index (χ3v) is 4.22. The Hall–Kier alpha value is -0.870. The lowest BCUT2D eigenvalue weighted by atomic mass is 9.99. The smallest absolute Gasteiger partial charge is 0.0948 e. The molecule has 0 amide bonds. The van der Waals surface area contributed by atoms with Crippen LogP contribution in [0.3, 0.4) is 0 Å². The van der Waals surface area contributed by atoms with E-state index in [0.717, 1.165) is 25.6 Å². The molecular formula is C13H22N4. The zero-order valence-electron chi connectivity index (χ0n) is 10.6. The second kappa shape index (κ2) is 4.78. The number of hydrogen-bond acceptors (Lipinski definition) is 3. The lowest BCUT2D eigenvalue weighted by Gasteiger charge is -2.28. The Bertz CT molecular complexity index is 369. The van der Waals surface area contributed by atoms with Gasteiger partial charge in [0.05, 0.1) is 6.33 Å². The molecule has 0 aliphatic carbocycles. The predicted octanol–water partition coefficient (Wildman–Crippen LogP) is 0.912. The minimum absolute atomic E-state index is 0.696. The highest BCUT2D eigenvalue weighted by Crippen LogP contribution is 2.23. The van der Waals surface area contributed by atoms with Crippen molar-refractivity contribution in [1.29, 1.82) is 0 Å². The Kier molecular flexibility index (Phi) is 3.16. The molecule has 0 saturated carbocycles. The highest BCUT2D eigenvalue weighted by Gasteiger charge is 2.25. The number of imidazole rings is 1. The number of aromatic nitrogens is 2. The van der Waals surface area contributed by atoms with Gasteiger partial charge in [-0.1, -0.05) is 6.92 Å². The van der Waals surface area contributed by atoms with Crippen molar-refractivity contribution in [2.24, 2.45) is 5.92 Å². The van der Waals surface area contributed by atoms with Gasteiger partial charge in [-0.15, -0.1) is 0 Å². The third kappa shape index (κ3) is 2.24. The van der Waals surface area contributed by atoms with Gasteiger partial charge in [-0.3, -0.25) is 0 Å². The second-order valence-electron chi connectivity index (χ2n) is 5.37. The number of nitrogens with zero attached hydrogens (tertiary/aromatic N) is 3. The lowest BCUT2D eigenvalue weighted by molar-refractivity contribution is 0.328. The van der Waals surface area contributed by atoms with Crippen molar-refractivity contribution in [3.63, 3.8) is 0 Å². The number of nitrogens with one attached hydrogen (secondary N) is 1. The van der Waals surface area contributed by atoms with Crippen molar-refractivity contribution in [3.8, 4) is 0 Å². The van der Waals surface area contributed by atoms with E-state index >= 15 is 0 Å². The van der Waals surface area contributed by atoms with E-state index in [9.17, 15) is 0 Å². The standard InChI is InChI=1S/C13H22N4/c1-2-16-4-3-11(8-16)9-17-10-15-7-13(17)12-5-14-6-12/h7,10-12,14H,2-6,8-9H2,1H3. The molecule has 1 atom stereocenters. The maximum atomic E-state index is 4.33. The summed E-state index contributed by atoms with van der Waals surface area (Å²) in [5, 5.41) is 3.34. The molecule has 4 heteroatoms. The van der Waals surface area contributed by atoms with E-state index in [1.54, 1.807) is 0 Å². The molecule has 1 N–H and O–H groups in total. The Morgan fingerprint density at radius 2 is 2.35 bits per heavy atom. The largest absolute Gasteiger partial charge is 0.334 e. The molecule has 1 unspecified atom stereocenters. The van der Waals surface area contributed by atoms with Gasteiger partial charge in [-0.2, -0.15) is 0 Å². The van der Waals surface area contributed by atoms with Crippen molar-refractivity contribution in [3.05, 3.63) is 18.2 Å². The van der Waals surface area contributed by atoms with E-state index in [1.807, 2.05) is 6.33 Å². The quantitative estimate of drug-likeness (QED) is 0.840. The first-order valence-electron chi connectivity index (χ1n) is 6.80. The number of hydrogen-bond donors (Lipinski definition) is 1. The van der Waals surface area contributed by atoms with Crippen molar-refractivity contribution in [1.82, 2.24) is 19.8 Å². The molecule has 94 valence electrons. The maximum Gasteiger partial charge on any atom is 0.0948 e. The second-order valence-corrected chi connectivity index (χ2v) is 5.37. The molecule has 17 heavy (non-hydrogen) atoms. The molecule has 0 bridgehead atoms. The van der Waals surface area contributed by atoms with E-state index in [1.165, 1.54) is 31.7 Å². The van der Waals surface area contributed by atoms with Crippen LogP contribution in [0.15, 0.2) is 12.5 Å². The topological polar surface area (TPSA) is 33.1 Å². The van der Waals surface area contributed by atoms with Crippen LogP contribution in [-0.4, -0.2) is 47.2 Å². The molecule has 2 fully saturated rings. The Labute approximate surface area is 103 Å². The van der Waals surface area contributed by atoms with Crippen molar-refractivity contribution >= 4 is 0 Å². The summed E-state index contributed by atoms with van der Waals surface area (Å²) in [5.41, 5.74) is 1.43. The van der Waals surface area contributed by atoms with Crippen LogP contribution in [0.5, 0.6) is 0 Å². The van der Waals surface area contributed by atoms with Gasteiger partial charge in [0, 0.05) is 44.0 Å². The van der Waals surface area contributed by atoms with E-state index in [-0.39, 0.29) is 0 Å². The highest BCUT2D eigenvalue weighted by molar-refractivity contribution is 5.11. The van der Waals surface area contributed by atoms with Crippen LogP contribution in [0.2, 0.25) is 0 Å². The molecule has 4 nitrogen and oxygen atoms in total. The predicted molar refractivity (Wildman–Crippen MR) is 68.1 cm³/mol.